The summed E-state index contributed by atoms with van der Waals surface area (Å²) in [5, 5.41) is -0.0707. The molecule has 0 amide bonds. The molecule has 1 aromatic heterocycles. The Hall–Kier alpha value is -1.30. The molecule has 2 N–H and O–H groups in total. The zero-order valence-corrected chi connectivity index (χ0v) is 8.21. The summed E-state index contributed by atoms with van der Waals surface area (Å²) in [5.41, 5.74) is 5.32. The Bertz CT molecular complexity index is 324. The van der Waals surface area contributed by atoms with Gasteiger partial charge in [-0.1, -0.05) is 11.6 Å². The maximum atomic E-state index is 12.0. The largest absolute Gasteiger partial charge is 0.475 e. The Kier molecular flexibility index (Phi) is 3.70. The van der Waals surface area contributed by atoms with E-state index in [1.807, 2.05) is 0 Å². The molecular formula is C7H9ClFN3O2. The third-order valence-electron chi connectivity index (χ3n) is 1.29. The van der Waals surface area contributed by atoms with E-state index in [0.29, 0.717) is 6.61 Å². The van der Waals surface area contributed by atoms with E-state index in [2.05, 4.69) is 14.7 Å². The zero-order chi connectivity index (χ0) is 10.6. The second kappa shape index (κ2) is 4.80. The minimum atomic E-state index is -1.03. The van der Waals surface area contributed by atoms with Gasteiger partial charge in [-0.05, 0) is 6.92 Å². The molecular weight excluding hydrogens is 213 g/mol. The fraction of sp³-hybridized carbons (Fsp3) is 0.429. The van der Waals surface area contributed by atoms with Crippen LogP contribution in [0.3, 0.4) is 0 Å². The summed E-state index contributed by atoms with van der Waals surface area (Å²) < 4.78 is 21.6. The minimum Gasteiger partial charge on any atom is -0.475 e. The number of alkyl halides is 1. The maximum Gasteiger partial charge on any atom is 0.263 e. The van der Waals surface area contributed by atoms with E-state index in [1.165, 1.54) is 0 Å². The van der Waals surface area contributed by atoms with E-state index in [1.54, 1.807) is 6.92 Å². The van der Waals surface area contributed by atoms with Crippen LogP contribution in [0.1, 0.15) is 6.92 Å². The Labute approximate surface area is 85.0 Å². The van der Waals surface area contributed by atoms with Crippen LogP contribution in [0.4, 0.5) is 10.3 Å². The van der Waals surface area contributed by atoms with Crippen molar-refractivity contribution >= 4 is 17.5 Å². The summed E-state index contributed by atoms with van der Waals surface area (Å²) in [4.78, 5) is 7.31. The van der Waals surface area contributed by atoms with Crippen molar-refractivity contribution in [3.63, 3.8) is 0 Å². The molecule has 0 aromatic carbocycles. The first-order valence-electron chi connectivity index (χ1n) is 3.83. The molecule has 5 nitrogen and oxygen atoms in total. The van der Waals surface area contributed by atoms with E-state index in [9.17, 15) is 4.39 Å². The van der Waals surface area contributed by atoms with Gasteiger partial charge in [0.2, 0.25) is 18.6 Å². The highest BCUT2D eigenvalue weighted by Crippen LogP contribution is 2.32. The number of anilines is 1. The molecule has 1 aromatic rings. The van der Waals surface area contributed by atoms with Crippen LogP contribution in [0.15, 0.2) is 0 Å². The van der Waals surface area contributed by atoms with Crippen LogP contribution in [0, 0.1) is 0 Å². The number of nitrogens with zero attached hydrogens (tertiary/aromatic N) is 2. The van der Waals surface area contributed by atoms with Gasteiger partial charge in [0.25, 0.3) is 5.88 Å². The van der Waals surface area contributed by atoms with Crippen molar-refractivity contribution in [2.45, 2.75) is 6.92 Å². The molecule has 0 aliphatic heterocycles. The molecule has 0 radical (unpaired) electrons. The molecule has 0 spiro atoms. The lowest BCUT2D eigenvalue weighted by molar-refractivity contribution is 0.179. The van der Waals surface area contributed by atoms with Crippen LogP contribution >= 0.6 is 11.6 Å². The lowest BCUT2D eigenvalue weighted by atomic mass is 10.5. The van der Waals surface area contributed by atoms with E-state index >= 15 is 0 Å². The van der Waals surface area contributed by atoms with Crippen molar-refractivity contribution < 1.29 is 13.9 Å². The molecule has 0 fully saturated rings. The molecule has 0 unspecified atom stereocenters. The smallest absolute Gasteiger partial charge is 0.263 e. The summed E-state index contributed by atoms with van der Waals surface area (Å²) in [5.74, 6) is -0.0440. The van der Waals surface area contributed by atoms with Crippen molar-refractivity contribution in [3.8, 4) is 11.6 Å². The van der Waals surface area contributed by atoms with Crippen LogP contribution < -0.4 is 15.2 Å². The highest BCUT2D eigenvalue weighted by atomic mass is 35.5. The van der Waals surface area contributed by atoms with Gasteiger partial charge in [0.05, 0.1) is 6.61 Å². The molecule has 78 valence electrons. The summed E-state index contributed by atoms with van der Waals surface area (Å²) in [6, 6.07) is 0. The van der Waals surface area contributed by atoms with E-state index in [4.69, 9.17) is 22.1 Å². The second-order valence-electron chi connectivity index (χ2n) is 2.19. The first-order chi connectivity index (χ1) is 6.69. The van der Waals surface area contributed by atoms with Gasteiger partial charge >= 0.3 is 0 Å². The lowest BCUT2D eigenvalue weighted by Crippen LogP contribution is -2.04. The fourth-order valence-corrected chi connectivity index (χ4v) is 1.05. The van der Waals surface area contributed by atoms with Gasteiger partial charge in [-0.3, -0.25) is 0 Å². The normalized spacial score (nSPS) is 9.93. The molecule has 0 atom stereocenters. The standard InChI is InChI=1S/C7H9ClFN3O2/c1-2-13-6-4(14-3-9)5(8)11-7(10)12-6/h2-3H2,1H3,(H2,10,11,12). The molecule has 0 saturated heterocycles. The monoisotopic (exact) mass is 221 g/mol. The van der Waals surface area contributed by atoms with Crippen molar-refractivity contribution in [2.75, 3.05) is 19.2 Å². The van der Waals surface area contributed by atoms with Crippen LogP contribution in [-0.2, 0) is 0 Å². The number of hydrogen-bond donors (Lipinski definition) is 1. The van der Waals surface area contributed by atoms with Gasteiger partial charge in [-0.25, -0.2) is 4.39 Å². The number of hydrogen-bond acceptors (Lipinski definition) is 5. The average Bonchev–Trinajstić information content (AvgIpc) is 2.11. The topological polar surface area (TPSA) is 70.3 Å². The van der Waals surface area contributed by atoms with Gasteiger partial charge in [-0.15, -0.1) is 0 Å². The summed E-state index contributed by atoms with van der Waals surface area (Å²) in [6.07, 6.45) is 0. The first kappa shape index (κ1) is 10.8. The number of ether oxygens (including phenoxy) is 2. The Morgan fingerprint density at radius 2 is 2.14 bits per heavy atom. The molecule has 14 heavy (non-hydrogen) atoms. The number of rotatable bonds is 4. The van der Waals surface area contributed by atoms with Crippen molar-refractivity contribution in [2.24, 2.45) is 0 Å². The average molecular weight is 222 g/mol. The SMILES string of the molecule is CCOc1nc(N)nc(Cl)c1OCF. The minimum absolute atomic E-state index is 0.0368. The van der Waals surface area contributed by atoms with Gasteiger partial charge in [0.15, 0.2) is 5.15 Å². The number of nitrogen functional groups attached to an aromatic ring is 1. The fourth-order valence-electron chi connectivity index (χ4n) is 0.830. The molecule has 0 aliphatic carbocycles. The molecule has 0 bridgehead atoms. The molecule has 0 saturated carbocycles. The predicted octanol–water partition coefficient (Wildman–Crippen LogP) is 1.42. The third-order valence-corrected chi connectivity index (χ3v) is 1.55. The van der Waals surface area contributed by atoms with E-state index in [0.717, 1.165) is 0 Å². The third kappa shape index (κ3) is 2.35. The van der Waals surface area contributed by atoms with Crippen LogP contribution in [-0.4, -0.2) is 23.4 Å². The van der Waals surface area contributed by atoms with E-state index in [-0.39, 0.29) is 22.7 Å². The molecule has 7 heteroatoms. The van der Waals surface area contributed by atoms with Crippen molar-refractivity contribution in [1.29, 1.82) is 0 Å². The van der Waals surface area contributed by atoms with Crippen molar-refractivity contribution in [3.05, 3.63) is 5.15 Å². The number of aromatic nitrogens is 2. The van der Waals surface area contributed by atoms with E-state index < -0.39 is 6.86 Å². The van der Waals surface area contributed by atoms with Gasteiger partial charge in [-0.2, -0.15) is 9.97 Å². The second-order valence-corrected chi connectivity index (χ2v) is 2.55. The predicted molar refractivity (Wildman–Crippen MR) is 49.2 cm³/mol. The summed E-state index contributed by atoms with van der Waals surface area (Å²) >= 11 is 5.65. The highest BCUT2D eigenvalue weighted by Gasteiger charge is 2.14. The highest BCUT2D eigenvalue weighted by molar-refractivity contribution is 6.31. The number of halogens is 2. The first-order valence-corrected chi connectivity index (χ1v) is 4.21. The summed E-state index contributed by atoms with van der Waals surface area (Å²) in [7, 11) is 0. The molecule has 0 aliphatic rings. The van der Waals surface area contributed by atoms with Crippen LogP contribution in [0.5, 0.6) is 11.6 Å². The lowest BCUT2D eigenvalue weighted by Gasteiger charge is -2.09. The zero-order valence-electron chi connectivity index (χ0n) is 7.46. The van der Waals surface area contributed by atoms with Crippen LogP contribution in [0.25, 0.3) is 0 Å². The van der Waals surface area contributed by atoms with Gasteiger partial charge in [0.1, 0.15) is 0 Å². The van der Waals surface area contributed by atoms with Gasteiger partial charge in [0, 0.05) is 0 Å². The van der Waals surface area contributed by atoms with Crippen molar-refractivity contribution in [1.82, 2.24) is 9.97 Å². The maximum absolute atomic E-state index is 12.0. The Balaban J connectivity index is 3.07. The molecule has 1 rings (SSSR count). The molecule has 1 heterocycles. The Morgan fingerprint density at radius 1 is 1.43 bits per heavy atom. The number of nitrogens with two attached hydrogens (primary N) is 1. The van der Waals surface area contributed by atoms with Crippen LogP contribution in [0.2, 0.25) is 5.15 Å². The quantitative estimate of drug-likeness (QED) is 0.779. The summed E-state index contributed by atoms with van der Waals surface area (Å²) in [6.45, 7) is 1.05. The Morgan fingerprint density at radius 3 is 2.71 bits per heavy atom. The van der Waals surface area contributed by atoms with Gasteiger partial charge < -0.3 is 15.2 Å².